The van der Waals surface area contributed by atoms with Gasteiger partial charge in [-0.2, -0.15) is 0 Å². The van der Waals surface area contributed by atoms with Crippen LogP contribution in [0.5, 0.6) is 5.75 Å². The maximum atomic E-state index is 11.9. The van der Waals surface area contributed by atoms with E-state index in [1.807, 2.05) is 32.0 Å². The Morgan fingerprint density at radius 1 is 1.38 bits per heavy atom. The predicted molar refractivity (Wildman–Crippen MR) is 82.4 cm³/mol. The largest absolute Gasteiger partial charge is 0.484 e. The Morgan fingerprint density at radius 3 is 2.71 bits per heavy atom. The number of hydrogen-bond acceptors (Lipinski definition) is 3. The summed E-state index contributed by atoms with van der Waals surface area (Å²) >= 11 is 0. The molecule has 0 heterocycles. The summed E-state index contributed by atoms with van der Waals surface area (Å²) in [7, 11) is 0. The van der Waals surface area contributed by atoms with Gasteiger partial charge in [0.2, 0.25) is 0 Å². The number of ether oxygens (including phenoxy) is 1. The molecular weight excluding hydrogens is 266 g/mol. The van der Waals surface area contributed by atoms with Gasteiger partial charge in [-0.3, -0.25) is 4.79 Å². The van der Waals surface area contributed by atoms with Crippen LogP contribution in [-0.4, -0.2) is 30.8 Å². The summed E-state index contributed by atoms with van der Waals surface area (Å²) in [6, 6.07) is 5.92. The zero-order chi connectivity index (χ0) is 15.3. The second-order valence-electron chi connectivity index (χ2n) is 6.16. The van der Waals surface area contributed by atoms with E-state index in [4.69, 9.17) is 9.84 Å². The second kappa shape index (κ2) is 6.94. The molecule has 1 aromatic rings. The fourth-order valence-electron chi connectivity index (χ4n) is 2.87. The Kier molecular flexibility index (Phi) is 5.23. The summed E-state index contributed by atoms with van der Waals surface area (Å²) in [6.45, 7) is 4.88. The Bertz CT molecular complexity index is 495. The van der Waals surface area contributed by atoms with Crippen molar-refractivity contribution in [2.24, 2.45) is 5.41 Å². The Balaban J connectivity index is 1.77. The third kappa shape index (κ3) is 4.21. The summed E-state index contributed by atoms with van der Waals surface area (Å²) in [4.78, 5) is 11.9. The van der Waals surface area contributed by atoms with Crippen LogP contribution in [0.25, 0.3) is 0 Å². The molecule has 0 aliphatic heterocycles. The van der Waals surface area contributed by atoms with Crippen molar-refractivity contribution in [2.75, 3.05) is 19.8 Å². The topological polar surface area (TPSA) is 58.6 Å². The van der Waals surface area contributed by atoms with Crippen molar-refractivity contribution < 1.29 is 14.6 Å². The number of aliphatic hydroxyl groups excluding tert-OH is 1. The van der Waals surface area contributed by atoms with Crippen LogP contribution in [0, 0.1) is 19.3 Å². The number of aryl methyl sites for hydroxylation is 2. The van der Waals surface area contributed by atoms with Gasteiger partial charge in [-0.1, -0.05) is 24.1 Å². The van der Waals surface area contributed by atoms with Gasteiger partial charge in [0, 0.05) is 13.2 Å². The Hall–Kier alpha value is -1.55. The van der Waals surface area contributed by atoms with E-state index in [0.29, 0.717) is 6.54 Å². The standard InChI is InChI=1S/C17H25NO3/c1-13-4-5-15(14(2)10-13)21-11-16(20)18-12-17(8-9-19)6-3-7-17/h4-5,10,19H,3,6-9,11-12H2,1-2H3,(H,18,20). The van der Waals surface area contributed by atoms with Crippen molar-refractivity contribution in [3.63, 3.8) is 0 Å². The van der Waals surface area contributed by atoms with Gasteiger partial charge in [0.15, 0.2) is 6.61 Å². The maximum absolute atomic E-state index is 11.9. The molecule has 1 aliphatic rings. The molecule has 0 unspecified atom stereocenters. The van der Waals surface area contributed by atoms with Gasteiger partial charge < -0.3 is 15.2 Å². The monoisotopic (exact) mass is 291 g/mol. The van der Waals surface area contributed by atoms with Crippen LogP contribution in [0.15, 0.2) is 18.2 Å². The van der Waals surface area contributed by atoms with E-state index < -0.39 is 0 Å². The lowest BCUT2D eigenvalue weighted by Gasteiger charge is -2.41. The first-order valence-corrected chi connectivity index (χ1v) is 7.62. The van der Waals surface area contributed by atoms with E-state index in [2.05, 4.69) is 5.32 Å². The molecule has 4 heteroatoms. The molecule has 116 valence electrons. The average Bonchev–Trinajstić information content (AvgIpc) is 2.40. The number of hydrogen-bond donors (Lipinski definition) is 2. The molecule has 21 heavy (non-hydrogen) atoms. The molecule has 0 bridgehead atoms. The smallest absolute Gasteiger partial charge is 0.257 e. The number of carbonyl (C=O) groups is 1. The summed E-state index contributed by atoms with van der Waals surface area (Å²) < 4.78 is 5.57. The lowest BCUT2D eigenvalue weighted by molar-refractivity contribution is -0.124. The summed E-state index contributed by atoms with van der Waals surface area (Å²) in [6.07, 6.45) is 4.14. The van der Waals surface area contributed by atoms with Gasteiger partial charge in [-0.05, 0) is 50.2 Å². The zero-order valence-electron chi connectivity index (χ0n) is 12.9. The van der Waals surface area contributed by atoms with Gasteiger partial charge in [0.1, 0.15) is 5.75 Å². The predicted octanol–water partition coefficient (Wildman–Crippen LogP) is 2.35. The molecule has 0 radical (unpaired) electrons. The van der Waals surface area contributed by atoms with E-state index in [0.717, 1.165) is 30.6 Å². The van der Waals surface area contributed by atoms with Crippen LogP contribution in [-0.2, 0) is 4.79 Å². The highest BCUT2D eigenvalue weighted by molar-refractivity contribution is 5.77. The van der Waals surface area contributed by atoms with Crippen molar-refractivity contribution in [2.45, 2.75) is 39.5 Å². The van der Waals surface area contributed by atoms with Gasteiger partial charge >= 0.3 is 0 Å². The highest BCUT2D eigenvalue weighted by Crippen LogP contribution is 2.43. The van der Waals surface area contributed by atoms with Crippen LogP contribution in [0.4, 0.5) is 0 Å². The number of rotatable bonds is 7. The first-order chi connectivity index (χ1) is 10.0. The lowest BCUT2D eigenvalue weighted by atomic mass is 9.67. The third-order valence-electron chi connectivity index (χ3n) is 4.41. The number of carbonyl (C=O) groups excluding carboxylic acids is 1. The average molecular weight is 291 g/mol. The van der Waals surface area contributed by atoms with E-state index in [-0.39, 0.29) is 24.5 Å². The molecule has 1 amide bonds. The molecule has 1 aliphatic carbocycles. The molecule has 1 aromatic carbocycles. The number of aliphatic hydroxyl groups is 1. The molecule has 1 fully saturated rings. The number of nitrogens with one attached hydrogen (secondary N) is 1. The minimum atomic E-state index is -0.0980. The van der Waals surface area contributed by atoms with Crippen molar-refractivity contribution in [1.82, 2.24) is 5.32 Å². The normalized spacial score (nSPS) is 16.1. The lowest BCUT2D eigenvalue weighted by Crippen LogP contribution is -2.44. The van der Waals surface area contributed by atoms with Crippen LogP contribution in [0.2, 0.25) is 0 Å². The molecule has 4 nitrogen and oxygen atoms in total. The second-order valence-corrected chi connectivity index (χ2v) is 6.16. The van der Waals surface area contributed by atoms with Crippen LogP contribution >= 0.6 is 0 Å². The van der Waals surface area contributed by atoms with Gasteiger partial charge in [0.25, 0.3) is 5.91 Å². The van der Waals surface area contributed by atoms with E-state index in [9.17, 15) is 4.79 Å². The van der Waals surface area contributed by atoms with E-state index >= 15 is 0 Å². The molecule has 0 atom stereocenters. The highest BCUT2D eigenvalue weighted by atomic mass is 16.5. The van der Waals surface area contributed by atoms with Crippen molar-refractivity contribution >= 4 is 5.91 Å². The molecule has 0 saturated heterocycles. The first-order valence-electron chi connectivity index (χ1n) is 7.62. The SMILES string of the molecule is Cc1ccc(OCC(=O)NCC2(CCO)CCC2)c(C)c1. The van der Waals surface area contributed by atoms with Crippen LogP contribution < -0.4 is 10.1 Å². The number of amides is 1. The minimum absolute atomic E-state index is 0.0408. The van der Waals surface area contributed by atoms with Gasteiger partial charge in [-0.15, -0.1) is 0 Å². The molecule has 0 aromatic heterocycles. The van der Waals surface area contributed by atoms with Gasteiger partial charge in [-0.25, -0.2) is 0 Å². The molecule has 0 spiro atoms. The first kappa shape index (κ1) is 15.8. The van der Waals surface area contributed by atoms with Crippen LogP contribution in [0.1, 0.15) is 36.8 Å². The summed E-state index contributed by atoms with van der Waals surface area (Å²) in [5.74, 6) is 0.656. The summed E-state index contributed by atoms with van der Waals surface area (Å²) in [5, 5.41) is 12.0. The molecular formula is C17H25NO3. The maximum Gasteiger partial charge on any atom is 0.257 e. The minimum Gasteiger partial charge on any atom is -0.484 e. The highest BCUT2D eigenvalue weighted by Gasteiger charge is 2.36. The van der Waals surface area contributed by atoms with Crippen molar-refractivity contribution in [3.05, 3.63) is 29.3 Å². The molecule has 2 N–H and O–H groups in total. The van der Waals surface area contributed by atoms with Gasteiger partial charge in [0.05, 0.1) is 0 Å². The molecule has 2 rings (SSSR count). The van der Waals surface area contributed by atoms with Crippen molar-refractivity contribution in [1.29, 1.82) is 0 Å². The zero-order valence-corrected chi connectivity index (χ0v) is 12.9. The molecule has 1 saturated carbocycles. The van der Waals surface area contributed by atoms with Crippen LogP contribution in [0.3, 0.4) is 0 Å². The van der Waals surface area contributed by atoms with E-state index in [1.165, 1.54) is 12.0 Å². The fraction of sp³-hybridized carbons (Fsp3) is 0.588. The Labute approximate surface area is 126 Å². The Morgan fingerprint density at radius 2 is 2.14 bits per heavy atom. The fourth-order valence-corrected chi connectivity index (χ4v) is 2.87. The number of benzene rings is 1. The quantitative estimate of drug-likeness (QED) is 0.811. The van der Waals surface area contributed by atoms with E-state index in [1.54, 1.807) is 0 Å². The van der Waals surface area contributed by atoms with Crippen molar-refractivity contribution in [3.8, 4) is 5.75 Å². The summed E-state index contributed by atoms with van der Waals surface area (Å²) in [5.41, 5.74) is 2.34. The third-order valence-corrected chi connectivity index (χ3v) is 4.41.